The van der Waals surface area contributed by atoms with Gasteiger partial charge < -0.3 is 10.6 Å². The lowest BCUT2D eigenvalue weighted by molar-refractivity contribution is 0.251. The molecule has 0 saturated carbocycles. The van der Waals surface area contributed by atoms with Crippen molar-refractivity contribution in [2.75, 3.05) is 5.32 Å². The predicted molar refractivity (Wildman–Crippen MR) is 74.2 cm³/mol. The minimum atomic E-state index is -0.845. The predicted octanol–water partition coefficient (Wildman–Crippen LogP) is 3.44. The lowest BCUT2D eigenvalue weighted by Gasteiger charge is -2.09. The summed E-state index contributed by atoms with van der Waals surface area (Å²) in [7, 11) is 0. The molecule has 0 bridgehead atoms. The second-order valence-electron chi connectivity index (χ2n) is 3.92. The first-order valence-corrected chi connectivity index (χ1v) is 6.44. The van der Waals surface area contributed by atoms with Crippen LogP contribution in [0.1, 0.15) is 5.56 Å². The molecule has 0 aliphatic rings. The summed E-state index contributed by atoms with van der Waals surface area (Å²) < 4.78 is 26.6. The van der Waals surface area contributed by atoms with Gasteiger partial charge in [0.25, 0.3) is 0 Å². The molecule has 0 fully saturated rings. The van der Waals surface area contributed by atoms with Gasteiger partial charge in [0.2, 0.25) is 0 Å². The fourth-order valence-corrected chi connectivity index (χ4v) is 1.81. The molecule has 0 saturated heterocycles. The summed E-state index contributed by atoms with van der Waals surface area (Å²) in [5.41, 5.74) is 0.699. The summed E-state index contributed by atoms with van der Waals surface area (Å²) in [5.74, 6) is -1.58. The Morgan fingerprint density at radius 3 is 2.80 bits per heavy atom. The molecule has 104 valence electrons. The lowest BCUT2D eigenvalue weighted by Crippen LogP contribution is -2.28. The molecule has 4 nitrogen and oxygen atoms in total. The number of hydrogen-bond donors (Lipinski definition) is 2. The van der Waals surface area contributed by atoms with Crippen molar-refractivity contribution in [1.82, 2.24) is 10.3 Å². The van der Waals surface area contributed by atoms with Crippen LogP contribution in [0.25, 0.3) is 0 Å². The minimum Gasteiger partial charge on any atom is -0.334 e. The Morgan fingerprint density at radius 1 is 1.30 bits per heavy atom. The quantitative estimate of drug-likeness (QED) is 0.840. The first-order chi connectivity index (χ1) is 9.56. The Morgan fingerprint density at radius 2 is 2.10 bits per heavy atom. The van der Waals surface area contributed by atoms with Crippen LogP contribution in [-0.2, 0) is 6.54 Å². The molecular formula is C13H10BrF2N3O. The average Bonchev–Trinajstić information content (AvgIpc) is 2.44. The fourth-order valence-electron chi connectivity index (χ4n) is 1.47. The highest BCUT2D eigenvalue weighted by Crippen LogP contribution is 2.23. The molecule has 0 aliphatic heterocycles. The molecule has 2 amide bonds. The van der Waals surface area contributed by atoms with E-state index in [2.05, 4.69) is 31.5 Å². The van der Waals surface area contributed by atoms with Crippen molar-refractivity contribution in [3.05, 3.63) is 58.3 Å². The third-order valence-corrected chi connectivity index (χ3v) is 3.04. The average molecular weight is 342 g/mol. The van der Waals surface area contributed by atoms with Gasteiger partial charge in [-0.2, -0.15) is 0 Å². The molecule has 20 heavy (non-hydrogen) atoms. The summed E-state index contributed by atoms with van der Waals surface area (Å²) in [6.07, 6.45) is 3.23. The molecule has 1 aromatic carbocycles. The number of benzene rings is 1. The standard InChI is InChI=1S/C13H10BrF2N3O/c14-9-4-12(11(16)5-10(9)15)19-13(20)18-7-8-2-1-3-17-6-8/h1-6H,7H2,(H2,18,19,20). The van der Waals surface area contributed by atoms with Gasteiger partial charge in [-0.05, 0) is 33.6 Å². The SMILES string of the molecule is O=C(NCc1cccnc1)Nc1cc(Br)c(F)cc1F. The number of carbonyl (C=O) groups is 1. The van der Waals surface area contributed by atoms with Crippen LogP contribution < -0.4 is 10.6 Å². The van der Waals surface area contributed by atoms with Gasteiger partial charge in [-0.15, -0.1) is 0 Å². The number of anilines is 1. The highest BCUT2D eigenvalue weighted by atomic mass is 79.9. The molecule has 1 heterocycles. The Hall–Kier alpha value is -2.02. The minimum absolute atomic E-state index is 0.0708. The third kappa shape index (κ3) is 3.74. The number of nitrogens with zero attached hydrogens (tertiary/aromatic N) is 1. The molecule has 0 aliphatic carbocycles. The largest absolute Gasteiger partial charge is 0.334 e. The number of amides is 2. The maximum absolute atomic E-state index is 13.4. The van der Waals surface area contributed by atoms with Crippen molar-refractivity contribution in [2.24, 2.45) is 0 Å². The van der Waals surface area contributed by atoms with Crippen LogP contribution in [0.4, 0.5) is 19.3 Å². The Kier molecular flexibility index (Phi) is 4.62. The van der Waals surface area contributed by atoms with Gasteiger partial charge in [0, 0.05) is 25.0 Å². The number of urea groups is 1. The van der Waals surface area contributed by atoms with Crippen LogP contribution >= 0.6 is 15.9 Å². The van der Waals surface area contributed by atoms with Crippen LogP contribution in [0, 0.1) is 11.6 Å². The normalized spacial score (nSPS) is 10.2. The molecule has 0 unspecified atom stereocenters. The van der Waals surface area contributed by atoms with E-state index >= 15 is 0 Å². The molecule has 2 aromatic rings. The number of carbonyl (C=O) groups excluding carboxylic acids is 1. The van der Waals surface area contributed by atoms with E-state index in [0.29, 0.717) is 6.07 Å². The Bertz CT molecular complexity index is 623. The number of aromatic nitrogens is 1. The molecule has 0 atom stereocenters. The summed E-state index contributed by atoms with van der Waals surface area (Å²) >= 11 is 2.92. The van der Waals surface area contributed by atoms with E-state index < -0.39 is 17.7 Å². The summed E-state index contributed by atoms with van der Waals surface area (Å²) in [4.78, 5) is 15.5. The number of pyridine rings is 1. The first-order valence-electron chi connectivity index (χ1n) is 5.64. The van der Waals surface area contributed by atoms with Crippen molar-refractivity contribution in [1.29, 1.82) is 0 Å². The monoisotopic (exact) mass is 341 g/mol. The second-order valence-corrected chi connectivity index (χ2v) is 4.77. The van der Waals surface area contributed by atoms with Crippen molar-refractivity contribution >= 4 is 27.6 Å². The van der Waals surface area contributed by atoms with Crippen LogP contribution in [0.2, 0.25) is 0 Å². The van der Waals surface area contributed by atoms with E-state index in [9.17, 15) is 13.6 Å². The number of rotatable bonds is 3. The van der Waals surface area contributed by atoms with Gasteiger partial charge in [0.15, 0.2) is 0 Å². The van der Waals surface area contributed by atoms with E-state index in [-0.39, 0.29) is 16.7 Å². The zero-order chi connectivity index (χ0) is 14.5. The number of nitrogens with one attached hydrogen (secondary N) is 2. The topological polar surface area (TPSA) is 54.0 Å². The zero-order valence-electron chi connectivity index (χ0n) is 10.2. The molecule has 2 N–H and O–H groups in total. The van der Waals surface area contributed by atoms with E-state index in [1.165, 1.54) is 0 Å². The molecule has 0 spiro atoms. The fraction of sp³-hybridized carbons (Fsp3) is 0.0769. The number of hydrogen-bond acceptors (Lipinski definition) is 2. The lowest BCUT2D eigenvalue weighted by atomic mass is 10.3. The molecule has 2 rings (SSSR count). The van der Waals surface area contributed by atoms with E-state index in [0.717, 1.165) is 11.6 Å². The van der Waals surface area contributed by atoms with Crippen LogP contribution in [-0.4, -0.2) is 11.0 Å². The first kappa shape index (κ1) is 14.4. The van der Waals surface area contributed by atoms with Crippen molar-refractivity contribution in [3.63, 3.8) is 0 Å². The molecular weight excluding hydrogens is 332 g/mol. The van der Waals surface area contributed by atoms with Gasteiger partial charge in [-0.25, -0.2) is 13.6 Å². The van der Waals surface area contributed by atoms with Crippen molar-refractivity contribution < 1.29 is 13.6 Å². The zero-order valence-corrected chi connectivity index (χ0v) is 11.7. The van der Waals surface area contributed by atoms with Crippen LogP contribution in [0.3, 0.4) is 0 Å². The van der Waals surface area contributed by atoms with E-state index in [1.807, 2.05) is 0 Å². The van der Waals surface area contributed by atoms with Gasteiger partial charge in [-0.3, -0.25) is 4.98 Å². The maximum atomic E-state index is 13.4. The summed E-state index contributed by atoms with van der Waals surface area (Å²) in [6, 6.07) is 4.80. The van der Waals surface area contributed by atoms with Gasteiger partial charge in [-0.1, -0.05) is 6.07 Å². The van der Waals surface area contributed by atoms with Gasteiger partial charge >= 0.3 is 6.03 Å². The van der Waals surface area contributed by atoms with Gasteiger partial charge in [0.05, 0.1) is 10.2 Å². The summed E-state index contributed by atoms with van der Waals surface area (Å²) in [5, 5.41) is 4.85. The summed E-state index contributed by atoms with van der Waals surface area (Å²) in [6.45, 7) is 0.254. The molecule has 1 aromatic heterocycles. The van der Waals surface area contributed by atoms with Crippen molar-refractivity contribution in [2.45, 2.75) is 6.54 Å². The highest BCUT2D eigenvalue weighted by Gasteiger charge is 2.10. The maximum Gasteiger partial charge on any atom is 0.319 e. The van der Waals surface area contributed by atoms with Crippen LogP contribution in [0.15, 0.2) is 41.1 Å². The highest BCUT2D eigenvalue weighted by molar-refractivity contribution is 9.10. The van der Waals surface area contributed by atoms with E-state index in [1.54, 1.807) is 24.5 Å². The Balaban J connectivity index is 1.97. The van der Waals surface area contributed by atoms with E-state index in [4.69, 9.17) is 0 Å². The Labute approximate surface area is 122 Å². The second kappa shape index (κ2) is 6.42. The number of halogens is 3. The smallest absolute Gasteiger partial charge is 0.319 e. The van der Waals surface area contributed by atoms with Crippen LogP contribution in [0.5, 0.6) is 0 Å². The molecule has 0 radical (unpaired) electrons. The molecule has 7 heteroatoms. The van der Waals surface area contributed by atoms with Gasteiger partial charge in [0.1, 0.15) is 11.6 Å². The third-order valence-electron chi connectivity index (χ3n) is 2.43. The van der Waals surface area contributed by atoms with Crippen molar-refractivity contribution in [3.8, 4) is 0 Å².